The molecule has 4 aromatic rings. The van der Waals surface area contributed by atoms with Crippen molar-refractivity contribution in [3.05, 3.63) is 86.5 Å². The quantitative estimate of drug-likeness (QED) is 0.385. The van der Waals surface area contributed by atoms with Crippen LogP contribution in [-0.4, -0.2) is 20.1 Å². The Morgan fingerprint density at radius 1 is 0.906 bits per heavy atom. The SMILES string of the molecule is COc1ccc2oc(-c3ccc(NC(=O)c4c(Cl)ccc(Cl)c4OC)cc3)cc(=O)c2c1. The second-order valence-electron chi connectivity index (χ2n) is 6.81. The summed E-state index contributed by atoms with van der Waals surface area (Å²) in [4.78, 5) is 25.3. The third-order valence-electron chi connectivity index (χ3n) is 4.85. The molecule has 0 spiro atoms. The number of hydrogen-bond acceptors (Lipinski definition) is 5. The van der Waals surface area contributed by atoms with Crippen LogP contribution in [0.1, 0.15) is 10.4 Å². The molecule has 3 aromatic carbocycles. The van der Waals surface area contributed by atoms with Gasteiger partial charge in [0.15, 0.2) is 11.2 Å². The van der Waals surface area contributed by atoms with Crippen molar-refractivity contribution in [1.29, 1.82) is 0 Å². The topological polar surface area (TPSA) is 77.8 Å². The molecule has 6 nitrogen and oxygen atoms in total. The van der Waals surface area contributed by atoms with Gasteiger partial charge >= 0.3 is 0 Å². The van der Waals surface area contributed by atoms with Crippen molar-refractivity contribution in [3.63, 3.8) is 0 Å². The number of anilines is 1. The van der Waals surface area contributed by atoms with Crippen LogP contribution in [0.5, 0.6) is 11.5 Å². The lowest BCUT2D eigenvalue weighted by atomic mass is 10.1. The number of benzene rings is 3. The number of nitrogens with one attached hydrogen (secondary N) is 1. The Labute approximate surface area is 193 Å². The fourth-order valence-electron chi connectivity index (χ4n) is 3.26. The highest BCUT2D eigenvalue weighted by molar-refractivity contribution is 6.37. The summed E-state index contributed by atoms with van der Waals surface area (Å²) >= 11 is 12.3. The van der Waals surface area contributed by atoms with E-state index in [1.54, 1.807) is 48.5 Å². The zero-order chi connectivity index (χ0) is 22.8. The second kappa shape index (κ2) is 8.94. The minimum Gasteiger partial charge on any atom is -0.497 e. The van der Waals surface area contributed by atoms with Crippen LogP contribution in [0.15, 0.2) is 69.9 Å². The Hall–Kier alpha value is -3.48. The molecule has 1 heterocycles. The maximum absolute atomic E-state index is 12.8. The van der Waals surface area contributed by atoms with Gasteiger partial charge in [-0.2, -0.15) is 0 Å². The average molecular weight is 470 g/mol. The molecular weight excluding hydrogens is 453 g/mol. The highest BCUT2D eigenvalue weighted by Crippen LogP contribution is 2.34. The third kappa shape index (κ3) is 4.15. The van der Waals surface area contributed by atoms with E-state index in [4.69, 9.17) is 37.1 Å². The van der Waals surface area contributed by atoms with Crippen LogP contribution in [0, 0.1) is 0 Å². The number of rotatable bonds is 5. The largest absolute Gasteiger partial charge is 0.497 e. The van der Waals surface area contributed by atoms with E-state index < -0.39 is 5.91 Å². The Balaban J connectivity index is 1.61. The lowest BCUT2D eigenvalue weighted by molar-refractivity contribution is 0.102. The van der Waals surface area contributed by atoms with Crippen LogP contribution in [0.3, 0.4) is 0 Å². The number of carbonyl (C=O) groups is 1. The maximum Gasteiger partial charge on any atom is 0.261 e. The summed E-state index contributed by atoms with van der Waals surface area (Å²) in [5, 5.41) is 3.70. The molecule has 4 rings (SSSR count). The summed E-state index contributed by atoms with van der Waals surface area (Å²) in [6, 6.07) is 16.4. The fraction of sp³-hybridized carbons (Fsp3) is 0.0833. The molecular formula is C24H17Cl2NO5. The number of methoxy groups -OCH3 is 2. The van der Waals surface area contributed by atoms with Gasteiger partial charge in [0.2, 0.25) is 0 Å². The predicted molar refractivity (Wildman–Crippen MR) is 125 cm³/mol. The van der Waals surface area contributed by atoms with Gasteiger partial charge in [-0.15, -0.1) is 0 Å². The molecule has 0 aliphatic rings. The van der Waals surface area contributed by atoms with Crippen molar-refractivity contribution < 1.29 is 18.7 Å². The molecule has 8 heteroatoms. The van der Waals surface area contributed by atoms with Gasteiger partial charge in [0, 0.05) is 17.3 Å². The van der Waals surface area contributed by atoms with Gasteiger partial charge in [0.1, 0.15) is 22.7 Å². The van der Waals surface area contributed by atoms with Crippen molar-refractivity contribution in [2.45, 2.75) is 0 Å². The van der Waals surface area contributed by atoms with E-state index in [0.717, 1.165) is 0 Å². The van der Waals surface area contributed by atoms with Crippen LogP contribution in [-0.2, 0) is 0 Å². The smallest absolute Gasteiger partial charge is 0.261 e. The molecule has 0 saturated heterocycles. The van der Waals surface area contributed by atoms with E-state index in [1.807, 2.05) is 0 Å². The van der Waals surface area contributed by atoms with Crippen molar-refractivity contribution in [2.24, 2.45) is 0 Å². The average Bonchev–Trinajstić information content (AvgIpc) is 2.80. The molecule has 162 valence electrons. The first-order chi connectivity index (χ1) is 15.4. The predicted octanol–water partition coefficient (Wildman–Crippen LogP) is 6.04. The monoisotopic (exact) mass is 469 g/mol. The number of carbonyl (C=O) groups excluding carboxylic acids is 1. The third-order valence-corrected chi connectivity index (χ3v) is 5.46. The zero-order valence-corrected chi connectivity index (χ0v) is 18.6. The summed E-state index contributed by atoms with van der Waals surface area (Å²) < 4.78 is 16.3. The van der Waals surface area contributed by atoms with Crippen molar-refractivity contribution in [2.75, 3.05) is 19.5 Å². The van der Waals surface area contributed by atoms with Crippen molar-refractivity contribution >= 4 is 45.8 Å². The number of halogens is 2. The van der Waals surface area contributed by atoms with Gasteiger partial charge in [0.05, 0.1) is 29.7 Å². The molecule has 0 aliphatic carbocycles. The Morgan fingerprint density at radius 2 is 1.62 bits per heavy atom. The van der Waals surface area contributed by atoms with Gasteiger partial charge in [0.25, 0.3) is 5.91 Å². The number of ether oxygens (including phenoxy) is 2. The molecule has 0 unspecified atom stereocenters. The first-order valence-corrected chi connectivity index (χ1v) is 10.2. The van der Waals surface area contributed by atoms with E-state index in [0.29, 0.717) is 33.7 Å². The molecule has 1 amide bonds. The van der Waals surface area contributed by atoms with Crippen LogP contribution < -0.4 is 20.2 Å². The van der Waals surface area contributed by atoms with Crippen LogP contribution in [0.25, 0.3) is 22.3 Å². The van der Waals surface area contributed by atoms with E-state index in [-0.39, 0.29) is 26.8 Å². The first-order valence-electron chi connectivity index (χ1n) is 9.47. The van der Waals surface area contributed by atoms with Gasteiger partial charge in [-0.1, -0.05) is 23.2 Å². The highest BCUT2D eigenvalue weighted by atomic mass is 35.5. The highest BCUT2D eigenvalue weighted by Gasteiger charge is 2.19. The molecule has 0 radical (unpaired) electrons. The van der Waals surface area contributed by atoms with E-state index >= 15 is 0 Å². The van der Waals surface area contributed by atoms with Crippen LogP contribution >= 0.6 is 23.2 Å². The van der Waals surface area contributed by atoms with E-state index in [1.165, 1.54) is 26.4 Å². The molecule has 0 saturated carbocycles. The van der Waals surface area contributed by atoms with Gasteiger partial charge < -0.3 is 19.2 Å². The molecule has 0 fully saturated rings. The fourth-order valence-corrected chi connectivity index (χ4v) is 3.73. The minimum atomic E-state index is -0.465. The lowest BCUT2D eigenvalue weighted by Gasteiger charge is -2.12. The number of fused-ring (bicyclic) bond motifs is 1. The summed E-state index contributed by atoms with van der Waals surface area (Å²) in [5.74, 6) is 0.718. The Bertz CT molecular complexity index is 1380. The first kappa shape index (κ1) is 21.7. The molecule has 0 aliphatic heterocycles. The van der Waals surface area contributed by atoms with E-state index in [9.17, 15) is 9.59 Å². The zero-order valence-electron chi connectivity index (χ0n) is 17.1. The minimum absolute atomic E-state index is 0.140. The van der Waals surface area contributed by atoms with Gasteiger partial charge in [-0.05, 0) is 54.6 Å². The number of amides is 1. The molecule has 0 bridgehead atoms. The van der Waals surface area contributed by atoms with Crippen LogP contribution in [0.2, 0.25) is 10.0 Å². The molecule has 1 N–H and O–H groups in total. The Morgan fingerprint density at radius 3 is 2.31 bits per heavy atom. The van der Waals surface area contributed by atoms with Gasteiger partial charge in [-0.25, -0.2) is 0 Å². The maximum atomic E-state index is 12.8. The van der Waals surface area contributed by atoms with Gasteiger partial charge in [-0.3, -0.25) is 9.59 Å². The van der Waals surface area contributed by atoms with E-state index in [2.05, 4.69) is 5.32 Å². The summed E-state index contributed by atoms with van der Waals surface area (Å²) in [6.45, 7) is 0. The van der Waals surface area contributed by atoms with Crippen molar-refractivity contribution in [3.8, 4) is 22.8 Å². The molecule has 1 aromatic heterocycles. The molecule has 32 heavy (non-hydrogen) atoms. The van der Waals surface area contributed by atoms with Crippen molar-refractivity contribution in [1.82, 2.24) is 0 Å². The standard InChI is InChI=1S/C24H17Cl2NO5/c1-30-15-7-10-20-16(11-15)19(28)12-21(32-20)13-3-5-14(6-4-13)27-24(29)22-17(25)8-9-18(26)23(22)31-2/h3-12H,1-2H3,(H,27,29). The normalized spacial score (nSPS) is 10.8. The number of hydrogen-bond donors (Lipinski definition) is 1. The Kier molecular flexibility index (Phi) is 6.08. The summed E-state index contributed by atoms with van der Waals surface area (Å²) in [5.41, 5.74) is 1.61. The van der Waals surface area contributed by atoms with Crippen LogP contribution in [0.4, 0.5) is 5.69 Å². The second-order valence-corrected chi connectivity index (χ2v) is 7.62. The summed E-state index contributed by atoms with van der Waals surface area (Å²) in [7, 11) is 2.95. The molecule has 0 atom stereocenters. The summed E-state index contributed by atoms with van der Waals surface area (Å²) in [6.07, 6.45) is 0. The lowest BCUT2D eigenvalue weighted by Crippen LogP contribution is -2.14.